The number of amides is 1. The number of hydrogen-bond acceptors (Lipinski definition) is 5. The summed E-state index contributed by atoms with van der Waals surface area (Å²) in [6.07, 6.45) is 0. The summed E-state index contributed by atoms with van der Waals surface area (Å²) in [5.41, 5.74) is 7.54. The van der Waals surface area contributed by atoms with Crippen LogP contribution in [0.25, 0.3) is 0 Å². The average molecular weight is 358 g/mol. The molecular weight excluding hydrogens is 339 g/mol. The Morgan fingerprint density at radius 1 is 1.31 bits per heavy atom. The molecule has 1 aliphatic heterocycles. The van der Waals surface area contributed by atoms with Crippen molar-refractivity contribution in [3.05, 3.63) is 75.6 Å². The zero-order chi connectivity index (χ0) is 18.7. The molecule has 0 radical (unpaired) electrons. The van der Waals surface area contributed by atoms with Gasteiger partial charge in [-0.2, -0.15) is 0 Å². The predicted octanol–water partition coefficient (Wildman–Crippen LogP) is 2.16. The fourth-order valence-corrected chi connectivity index (χ4v) is 3.12. The fourth-order valence-electron chi connectivity index (χ4n) is 3.12. The van der Waals surface area contributed by atoms with Crippen LogP contribution < -0.4 is 10.9 Å². The average Bonchev–Trinajstić information content (AvgIpc) is 3.11. The van der Waals surface area contributed by atoms with Gasteiger partial charge in [0.15, 0.2) is 0 Å². The molecule has 2 N–H and O–H groups in total. The SMILES string of the molecule is CN(Cc1cccc([N+](=O)[O-])c1)C(=O)C1CNNC1c1ccc(F)cc1. The quantitative estimate of drug-likeness (QED) is 0.632. The minimum atomic E-state index is -0.458. The highest BCUT2D eigenvalue weighted by molar-refractivity contribution is 5.80. The van der Waals surface area contributed by atoms with Gasteiger partial charge in [0.25, 0.3) is 5.69 Å². The molecule has 136 valence electrons. The van der Waals surface area contributed by atoms with Crippen LogP contribution in [0.4, 0.5) is 10.1 Å². The highest BCUT2D eigenvalue weighted by Gasteiger charge is 2.35. The normalized spacial score (nSPS) is 19.3. The van der Waals surface area contributed by atoms with E-state index in [4.69, 9.17) is 0 Å². The summed E-state index contributed by atoms with van der Waals surface area (Å²) in [7, 11) is 1.67. The summed E-state index contributed by atoms with van der Waals surface area (Å²) in [5, 5.41) is 10.9. The van der Waals surface area contributed by atoms with Gasteiger partial charge in [0.05, 0.1) is 16.9 Å². The summed E-state index contributed by atoms with van der Waals surface area (Å²) in [6.45, 7) is 0.716. The van der Waals surface area contributed by atoms with Gasteiger partial charge in [-0.1, -0.05) is 24.3 Å². The number of benzene rings is 2. The van der Waals surface area contributed by atoms with E-state index in [1.165, 1.54) is 24.3 Å². The second kappa shape index (κ2) is 7.59. The first kappa shape index (κ1) is 18.0. The monoisotopic (exact) mass is 358 g/mol. The molecule has 1 aliphatic rings. The summed E-state index contributed by atoms with van der Waals surface area (Å²) >= 11 is 0. The van der Waals surface area contributed by atoms with Gasteiger partial charge in [-0.3, -0.25) is 20.3 Å². The highest BCUT2D eigenvalue weighted by atomic mass is 19.1. The van der Waals surface area contributed by atoms with E-state index >= 15 is 0 Å². The Kier molecular flexibility index (Phi) is 5.24. The van der Waals surface area contributed by atoms with Crippen LogP contribution in [-0.2, 0) is 11.3 Å². The Morgan fingerprint density at radius 3 is 2.73 bits per heavy atom. The number of carbonyl (C=O) groups is 1. The van der Waals surface area contributed by atoms with Crippen LogP contribution >= 0.6 is 0 Å². The van der Waals surface area contributed by atoms with E-state index in [1.54, 1.807) is 36.2 Å². The van der Waals surface area contributed by atoms with Crippen LogP contribution in [0.5, 0.6) is 0 Å². The summed E-state index contributed by atoms with van der Waals surface area (Å²) < 4.78 is 13.1. The van der Waals surface area contributed by atoms with Crippen LogP contribution in [0.3, 0.4) is 0 Å². The van der Waals surface area contributed by atoms with E-state index in [0.717, 1.165) is 5.56 Å². The molecule has 2 aromatic rings. The van der Waals surface area contributed by atoms with Crippen LogP contribution in [0.1, 0.15) is 17.2 Å². The third-order valence-electron chi connectivity index (χ3n) is 4.45. The first-order valence-corrected chi connectivity index (χ1v) is 8.18. The molecule has 0 aliphatic carbocycles. The third kappa shape index (κ3) is 3.87. The molecule has 1 fully saturated rings. The standard InChI is InChI=1S/C18H19FN4O3/c1-22(11-12-3-2-4-15(9-12)23(25)26)18(24)16-10-20-21-17(16)13-5-7-14(19)8-6-13/h2-9,16-17,20-21H,10-11H2,1H3. The number of hydrogen-bond donors (Lipinski definition) is 2. The molecule has 1 heterocycles. The van der Waals surface area contributed by atoms with Crippen molar-refractivity contribution in [1.29, 1.82) is 0 Å². The van der Waals surface area contributed by atoms with Crippen LogP contribution in [0, 0.1) is 21.8 Å². The van der Waals surface area contributed by atoms with Gasteiger partial charge in [0, 0.05) is 32.3 Å². The fraction of sp³-hybridized carbons (Fsp3) is 0.278. The van der Waals surface area contributed by atoms with Gasteiger partial charge in [0.1, 0.15) is 5.82 Å². The van der Waals surface area contributed by atoms with Crippen molar-refractivity contribution in [3.63, 3.8) is 0 Å². The van der Waals surface area contributed by atoms with Gasteiger partial charge in [-0.25, -0.2) is 9.82 Å². The van der Waals surface area contributed by atoms with Gasteiger partial charge in [-0.15, -0.1) is 0 Å². The number of carbonyl (C=O) groups excluding carboxylic acids is 1. The van der Waals surface area contributed by atoms with E-state index in [-0.39, 0.29) is 35.9 Å². The van der Waals surface area contributed by atoms with E-state index in [1.807, 2.05) is 0 Å². The summed E-state index contributed by atoms with van der Waals surface area (Å²) in [4.78, 5) is 24.8. The van der Waals surface area contributed by atoms with Crippen molar-refractivity contribution in [2.24, 2.45) is 5.92 Å². The van der Waals surface area contributed by atoms with Crippen molar-refractivity contribution >= 4 is 11.6 Å². The molecule has 0 saturated carbocycles. The number of non-ortho nitro benzene ring substituents is 1. The van der Waals surface area contributed by atoms with Gasteiger partial charge in [-0.05, 0) is 23.3 Å². The molecular formula is C18H19FN4O3. The number of nitrogens with zero attached hydrogens (tertiary/aromatic N) is 2. The topological polar surface area (TPSA) is 87.5 Å². The number of nitro benzene ring substituents is 1. The lowest BCUT2D eigenvalue weighted by atomic mass is 9.93. The molecule has 2 unspecified atom stereocenters. The van der Waals surface area contributed by atoms with Crippen LogP contribution in [-0.4, -0.2) is 29.3 Å². The van der Waals surface area contributed by atoms with E-state index in [2.05, 4.69) is 10.9 Å². The molecule has 0 spiro atoms. The number of halogens is 1. The third-order valence-corrected chi connectivity index (χ3v) is 4.45. The van der Waals surface area contributed by atoms with Crippen LogP contribution in [0.2, 0.25) is 0 Å². The maximum atomic E-state index is 13.1. The van der Waals surface area contributed by atoms with Gasteiger partial charge < -0.3 is 4.90 Å². The highest BCUT2D eigenvalue weighted by Crippen LogP contribution is 2.27. The lowest BCUT2D eigenvalue weighted by Crippen LogP contribution is -2.36. The zero-order valence-electron chi connectivity index (χ0n) is 14.2. The minimum absolute atomic E-state index is 0.00302. The van der Waals surface area contributed by atoms with Crippen LogP contribution in [0.15, 0.2) is 48.5 Å². The lowest BCUT2D eigenvalue weighted by molar-refractivity contribution is -0.384. The minimum Gasteiger partial charge on any atom is -0.341 e. The molecule has 8 heteroatoms. The van der Waals surface area contributed by atoms with Crippen molar-refractivity contribution in [3.8, 4) is 0 Å². The molecule has 1 amide bonds. The van der Waals surface area contributed by atoms with E-state index in [9.17, 15) is 19.3 Å². The second-order valence-electron chi connectivity index (χ2n) is 6.28. The maximum absolute atomic E-state index is 13.1. The number of nitrogens with one attached hydrogen (secondary N) is 2. The Labute approximate surface area is 149 Å². The van der Waals surface area contributed by atoms with Crippen molar-refractivity contribution in [2.75, 3.05) is 13.6 Å². The summed E-state index contributed by atoms with van der Waals surface area (Å²) in [6, 6.07) is 12.0. The Bertz CT molecular complexity index is 812. The summed E-state index contributed by atoms with van der Waals surface area (Å²) in [5.74, 6) is -0.780. The second-order valence-corrected chi connectivity index (χ2v) is 6.28. The molecule has 0 bridgehead atoms. The van der Waals surface area contributed by atoms with Gasteiger partial charge in [0.2, 0.25) is 5.91 Å². The molecule has 3 rings (SSSR count). The Balaban J connectivity index is 1.72. The van der Waals surface area contributed by atoms with Crippen molar-refractivity contribution in [1.82, 2.24) is 15.8 Å². The van der Waals surface area contributed by atoms with Crippen molar-refractivity contribution in [2.45, 2.75) is 12.6 Å². The number of hydrazine groups is 1. The number of rotatable bonds is 5. The molecule has 2 aromatic carbocycles. The maximum Gasteiger partial charge on any atom is 0.269 e. The molecule has 1 saturated heterocycles. The van der Waals surface area contributed by atoms with Gasteiger partial charge >= 0.3 is 0 Å². The lowest BCUT2D eigenvalue weighted by Gasteiger charge is -2.24. The Morgan fingerprint density at radius 2 is 2.04 bits per heavy atom. The Hall–Kier alpha value is -2.84. The molecule has 2 atom stereocenters. The largest absolute Gasteiger partial charge is 0.341 e. The first-order valence-electron chi connectivity index (χ1n) is 8.18. The number of nitro groups is 1. The predicted molar refractivity (Wildman–Crippen MR) is 93.3 cm³/mol. The van der Waals surface area contributed by atoms with E-state index < -0.39 is 4.92 Å². The van der Waals surface area contributed by atoms with Crippen molar-refractivity contribution < 1.29 is 14.1 Å². The first-order chi connectivity index (χ1) is 12.5. The smallest absolute Gasteiger partial charge is 0.269 e. The zero-order valence-corrected chi connectivity index (χ0v) is 14.2. The molecule has 0 aromatic heterocycles. The molecule has 7 nitrogen and oxygen atoms in total. The van der Waals surface area contributed by atoms with E-state index in [0.29, 0.717) is 12.1 Å². The molecule has 26 heavy (non-hydrogen) atoms.